The van der Waals surface area contributed by atoms with Gasteiger partial charge in [-0.15, -0.1) is 0 Å². The van der Waals surface area contributed by atoms with Crippen molar-refractivity contribution in [2.75, 3.05) is 5.75 Å². The standard InChI is InChI=1S/C15H26N2S/c1-12-5-7-13(8-6-12)16-14-17-15(11-18-14)9-3-2-4-10-15/h12-13H,2-11H2,1H3,(H,16,17). The van der Waals surface area contributed by atoms with Gasteiger partial charge in [0, 0.05) is 11.3 Å². The highest BCUT2D eigenvalue weighted by Gasteiger charge is 2.38. The van der Waals surface area contributed by atoms with Crippen molar-refractivity contribution >= 4 is 16.9 Å². The van der Waals surface area contributed by atoms with Crippen molar-refractivity contribution in [3.63, 3.8) is 0 Å². The molecule has 0 atom stereocenters. The molecule has 0 aromatic carbocycles. The Morgan fingerprint density at radius 3 is 2.56 bits per heavy atom. The fraction of sp³-hybridized carbons (Fsp3) is 0.933. The molecule has 3 rings (SSSR count). The molecule has 1 saturated heterocycles. The lowest BCUT2D eigenvalue weighted by Gasteiger charge is -2.33. The maximum absolute atomic E-state index is 4.99. The van der Waals surface area contributed by atoms with Crippen molar-refractivity contribution in [3.05, 3.63) is 0 Å². The number of nitrogens with zero attached hydrogens (tertiary/aromatic N) is 1. The van der Waals surface area contributed by atoms with E-state index in [0.717, 1.165) is 5.92 Å². The predicted octanol–water partition coefficient (Wildman–Crippen LogP) is 3.96. The van der Waals surface area contributed by atoms with Gasteiger partial charge in [0.1, 0.15) is 0 Å². The Hall–Kier alpha value is -0.180. The summed E-state index contributed by atoms with van der Waals surface area (Å²) in [6.45, 7) is 2.38. The van der Waals surface area contributed by atoms with E-state index in [2.05, 4.69) is 12.2 Å². The Morgan fingerprint density at radius 2 is 1.83 bits per heavy atom. The Labute approximate surface area is 115 Å². The molecule has 0 aromatic rings. The van der Waals surface area contributed by atoms with E-state index in [0.29, 0.717) is 11.6 Å². The maximum atomic E-state index is 4.99. The summed E-state index contributed by atoms with van der Waals surface area (Å²) in [5.74, 6) is 2.19. The number of thioether (sulfide) groups is 1. The van der Waals surface area contributed by atoms with Crippen LogP contribution in [0.15, 0.2) is 4.99 Å². The third-order valence-corrected chi connectivity index (χ3v) is 6.13. The van der Waals surface area contributed by atoms with Crippen LogP contribution in [0.1, 0.15) is 64.7 Å². The zero-order chi connectivity index (χ0) is 12.4. The lowest BCUT2D eigenvalue weighted by atomic mass is 9.83. The van der Waals surface area contributed by atoms with Crippen LogP contribution in [0.2, 0.25) is 0 Å². The Balaban J connectivity index is 1.57. The second kappa shape index (κ2) is 5.44. The minimum Gasteiger partial charge on any atom is -0.359 e. The Kier molecular flexibility index (Phi) is 3.88. The third kappa shape index (κ3) is 2.87. The van der Waals surface area contributed by atoms with E-state index in [1.807, 2.05) is 11.8 Å². The van der Waals surface area contributed by atoms with Gasteiger partial charge >= 0.3 is 0 Å². The largest absolute Gasteiger partial charge is 0.359 e. The van der Waals surface area contributed by atoms with Crippen molar-refractivity contribution in [1.29, 1.82) is 0 Å². The fourth-order valence-corrected chi connectivity index (χ4v) is 4.90. The topological polar surface area (TPSA) is 24.4 Å². The van der Waals surface area contributed by atoms with Gasteiger partial charge < -0.3 is 5.32 Å². The van der Waals surface area contributed by atoms with Crippen LogP contribution < -0.4 is 5.32 Å². The molecular formula is C15H26N2S. The highest BCUT2D eigenvalue weighted by molar-refractivity contribution is 8.14. The first-order valence-corrected chi connectivity index (χ1v) is 8.73. The summed E-state index contributed by atoms with van der Waals surface area (Å²) in [6.07, 6.45) is 12.3. The number of rotatable bonds is 1. The van der Waals surface area contributed by atoms with Gasteiger partial charge in [-0.05, 0) is 44.4 Å². The average molecular weight is 266 g/mol. The molecule has 0 amide bonds. The molecule has 2 saturated carbocycles. The van der Waals surface area contributed by atoms with Crippen molar-refractivity contribution < 1.29 is 0 Å². The van der Waals surface area contributed by atoms with Crippen LogP contribution in [-0.2, 0) is 0 Å². The first-order valence-electron chi connectivity index (χ1n) is 7.75. The van der Waals surface area contributed by atoms with Crippen molar-refractivity contribution in [2.45, 2.75) is 76.3 Å². The zero-order valence-corrected chi connectivity index (χ0v) is 12.4. The molecule has 3 fully saturated rings. The minimum atomic E-state index is 0.420. The molecule has 0 aromatic heterocycles. The third-order valence-electron chi connectivity index (χ3n) is 4.95. The van der Waals surface area contributed by atoms with Crippen LogP contribution >= 0.6 is 11.8 Å². The molecule has 1 aliphatic heterocycles. The molecule has 0 radical (unpaired) electrons. The van der Waals surface area contributed by atoms with Gasteiger partial charge in [-0.25, -0.2) is 0 Å². The van der Waals surface area contributed by atoms with Gasteiger partial charge in [0.15, 0.2) is 5.17 Å². The molecule has 1 heterocycles. The van der Waals surface area contributed by atoms with E-state index in [-0.39, 0.29) is 0 Å². The summed E-state index contributed by atoms with van der Waals surface area (Å²) < 4.78 is 0. The quantitative estimate of drug-likeness (QED) is 0.777. The van der Waals surface area contributed by atoms with E-state index in [9.17, 15) is 0 Å². The second-order valence-corrected chi connectivity index (χ2v) is 7.57. The molecule has 102 valence electrons. The van der Waals surface area contributed by atoms with E-state index in [1.165, 1.54) is 68.7 Å². The van der Waals surface area contributed by atoms with Gasteiger partial charge in [0.05, 0.1) is 6.04 Å². The van der Waals surface area contributed by atoms with E-state index in [1.54, 1.807) is 0 Å². The van der Waals surface area contributed by atoms with Gasteiger partial charge in [-0.3, -0.25) is 4.99 Å². The summed E-state index contributed by atoms with van der Waals surface area (Å²) in [6, 6.07) is 0.606. The van der Waals surface area contributed by atoms with Crippen LogP contribution in [0.5, 0.6) is 0 Å². The van der Waals surface area contributed by atoms with Crippen LogP contribution in [0, 0.1) is 5.92 Å². The normalized spacial score (nSPS) is 37.9. The summed E-state index contributed by atoms with van der Waals surface area (Å²) in [4.78, 5) is 4.99. The molecule has 2 aliphatic carbocycles. The predicted molar refractivity (Wildman–Crippen MR) is 80.3 cm³/mol. The molecule has 1 N–H and O–H groups in total. The summed E-state index contributed by atoms with van der Waals surface area (Å²) in [5, 5.41) is 5.04. The summed E-state index contributed by atoms with van der Waals surface area (Å²) >= 11 is 1.98. The molecule has 3 aliphatic rings. The van der Waals surface area contributed by atoms with Gasteiger partial charge in [-0.2, -0.15) is 0 Å². The van der Waals surface area contributed by atoms with Crippen LogP contribution in [0.25, 0.3) is 0 Å². The van der Waals surface area contributed by atoms with Crippen LogP contribution in [0.3, 0.4) is 0 Å². The van der Waals surface area contributed by atoms with Crippen LogP contribution in [-0.4, -0.2) is 22.5 Å². The summed E-state index contributed by atoms with van der Waals surface area (Å²) in [5.41, 5.74) is 0.420. The first kappa shape index (κ1) is 12.8. The Morgan fingerprint density at radius 1 is 1.11 bits per heavy atom. The summed E-state index contributed by atoms with van der Waals surface area (Å²) in [7, 11) is 0. The maximum Gasteiger partial charge on any atom is 0.157 e. The zero-order valence-electron chi connectivity index (χ0n) is 11.6. The lowest BCUT2D eigenvalue weighted by Crippen LogP contribution is -2.45. The molecule has 1 spiro atoms. The van der Waals surface area contributed by atoms with E-state index < -0.39 is 0 Å². The molecular weight excluding hydrogens is 240 g/mol. The Bertz CT molecular complexity index is 312. The highest BCUT2D eigenvalue weighted by atomic mass is 32.2. The first-order chi connectivity index (χ1) is 8.76. The number of hydrogen-bond donors (Lipinski definition) is 1. The van der Waals surface area contributed by atoms with Crippen molar-refractivity contribution in [2.24, 2.45) is 10.9 Å². The number of aliphatic imine (C=N–C) groups is 1. The lowest BCUT2D eigenvalue weighted by molar-refractivity contribution is 0.302. The number of nitrogens with one attached hydrogen (secondary N) is 1. The van der Waals surface area contributed by atoms with Gasteiger partial charge in [0.2, 0.25) is 0 Å². The van der Waals surface area contributed by atoms with Crippen LogP contribution in [0.4, 0.5) is 0 Å². The average Bonchev–Trinajstić information content (AvgIpc) is 2.76. The monoisotopic (exact) mass is 266 g/mol. The smallest absolute Gasteiger partial charge is 0.157 e. The van der Waals surface area contributed by atoms with Gasteiger partial charge in [0.25, 0.3) is 0 Å². The van der Waals surface area contributed by atoms with Crippen molar-refractivity contribution in [1.82, 2.24) is 5.32 Å². The number of amidine groups is 1. The number of hydrogen-bond acceptors (Lipinski definition) is 2. The van der Waals surface area contributed by atoms with E-state index in [4.69, 9.17) is 4.99 Å². The SMILES string of the molecule is CC1CCC(N=C2NC3(CCCCC3)CS2)CC1. The molecule has 0 bridgehead atoms. The van der Waals surface area contributed by atoms with Crippen molar-refractivity contribution in [3.8, 4) is 0 Å². The van der Waals surface area contributed by atoms with E-state index >= 15 is 0 Å². The van der Waals surface area contributed by atoms with Gasteiger partial charge in [-0.1, -0.05) is 37.9 Å². The fourth-order valence-electron chi connectivity index (χ4n) is 3.61. The molecule has 0 unspecified atom stereocenters. The molecule has 18 heavy (non-hydrogen) atoms. The minimum absolute atomic E-state index is 0.420. The molecule has 2 nitrogen and oxygen atoms in total. The highest BCUT2D eigenvalue weighted by Crippen LogP contribution is 2.37. The molecule has 3 heteroatoms. The second-order valence-electron chi connectivity index (χ2n) is 6.60.